The molecule has 0 aromatic heterocycles. The summed E-state index contributed by atoms with van der Waals surface area (Å²) in [7, 11) is 0. The van der Waals surface area contributed by atoms with Gasteiger partial charge in [-0.3, -0.25) is 0 Å². The fourth-order valence-electron chi connectivity index (χ4n) is 4.17. The first-order valence-electron chi connectivity index (χ1n) is 9.67. The maximum Gasteiger partial charge on any atom is 0.00801 e. The Kier molecular flexibility index (Phi) is 9.20. The zero-order valence-corrected chi connectivity index (χ0v) is 15.1. The molecule has 0 aliphatic heterocycles. The quantitative estimate of drug-likeness (QED) is 0.694. The molecule has 2 rings (SSSR count). The third-order valence-corrected chi connectivity index (χ3v) is 6.63. The van der Waals surface area contributed by atoms with E-state index >= 15 is 0 Å². The highest BCUT2D eigenvalue weighted by Crippen LogP contribution is 2.28. The smallest absolute Gasteiger partial charge is 0.00801 e. The largest absolute Gasteiger partial charge is 0.311 e. The Labute approximate surface area is 137 Å². The van der Waals surface area contributed by atoms with E-state index in [9.17, 15) is 0 Å². The molecule has 2 saturated carbocycles. The van der Waals surface area contributed by atoms with E-state index in [0.29, 0.717) is 0 Å². The Balaban J connectivity index is 1.74. The van der Waals surface area contributed by atoms with E-state index in [1.54, 1.807) is 0 Å². The van der Waals surface area contributed by atoms with Crippen LogP contribution in [0.15, 0.2) is 0 Å². The zero-order chi connectivity index (χ0) is 14.8. The fraction of sp³-hybridized carbons (Fsp3) is 1.00. The Morgan fingerprint density at radius 3 is 1.71 bits per heavy atom. The van der Waals surface area contributed by atoms with Gasteiger partial charge in [0.05, 0.1) is 0 Å². The summed E-state index contributed by atoms with van der Waals surface area (Å²) in [5.74, 6) is 0. The number of thioether (sulfide) groups is 1. The highest BCUT2D eigenvalue weighted by molar-refractivity contribution is 7.99. The third-order valence-electron chi connectivity index (χ3n) is 5.54. The van der Waals surface area contributed by atoms with Crippen LogP contribution >= 0.6 is 11.8 Å². The van der Waals surface area contributed by atoms with Crippen molar-refractivity contribution in [1.82, 2.24) is 5.32 Å². The van der Waals surface area contributed by atoms with Crippen LogP contribution in [0.3, 0.4) is 0 Å². The molecule has 2 unspecified atom stereocenters. The Morgan fingerprint density at radius 1 is 0.619 bits per heavy atom. The van der Waals surface area contributed by atoms with E-state index in [-0.39, 0.29) is 0 Å². The van der Waals surface area contributed by atoms with E-state index in [1.165, 1.54) is 96.3 Å². The molecular weight excluding hydrogens is 274 g/mol. The van der Waals surface area contributed by atoms with Gasteiger partial charge in [0, 0.05) is 17.3 Å². The Hall–Kier alpha value is 0.310. The fourth-order valence-corrected chi connectivity index (χ4v) is 5.00. The molecule has 1 nitrogen and oxygen atoms in total. The summed E-state index contributed by atoms with van der Waals surface area (Å²) in [5.41, 5.74) is 0. The number of hydrogen-bond acceptors (Lipinski definition) is 2. The van der Waals surface area contributed by atoms with Gasteiger partial charge in [-0.05, 0) is 38.4 Å². The number of nitrogens with one attached hydrogen (secondary N) is 1. The van der Waals surface area contributed by atoms with E-state index in [4.69, 9.17) is 0 Å². The van der Waals surface area contributed by atoms with Crippen molar-refractivity contribution in [1.29, 1.82) is 0 Å². The molecule has 0 saturated heterocycles. The molecule has 0 bridgehead atoms. The first-order valence-corrected chi connectivity index (χ1v) is 11.0. The second-order valence-corrected chi connectivity index (χ2v) is 8.48. The molecule has 1 N–H and O–H groups in total. The minimum Gasteiger partial charge on any atom is -0.311 e. The number of hydrogen-bond donors (Lipinski definition) is 1. The van der Waals surface area contributed by atoms with Crippen LogP contribution in [0.25, 0.3) is 0 Å². The van der Waals surface area contributed by atoms with Crippen molar-refractivity contribution < 1.29 is 0 Å². The average molecular weight is 312 g/mol. The highest BCUT2D eigenvalue weighted by Gasteiger charge is 2.23. The molecule has 0 aromatic carbocycles. The molecule has 124 valence electrons. The molecule has 0 heterocycles. The van der Waals surface area contributed by atoms with Crippen LogP contribution in [0, 0.1) is 0 Å². The van der Waals surface area contributed by atoms with Crippen molar-refractivity contribution in [2.24, 2.45) is 0 Å². The lowest BCUT2D eigenvalue weighted by Gasteiger charge is -2.32. The van der Waals surface area contributed by atoms with Crippen molar-refractivity contribution >= 4 is 11.8 Å². The predicted octanol–water partition coefficient (Wildman–Crippen LogP) is 5.92. The van der Waals surface area contributed by atoms with Gasteiger partial charge in [-0.1, -0.05) is 64.2 Å². The molecule has 0 aromatic rings. The van der Waals surface area contributed by atoms with Crippen LogP contribution in [0.2, 0.25) is 0 Å². The van der Waals surface area contributed by atoms with E-state index in [1.807, 2.05) is 0 Å². The monoisotopic (exact) mass is 311 g/mol. The predicted molar refractivity (Wildman–Crippen MR) is 97.3 cm³/mol. The van der Waals surface area contributed by atoms with Crippen molar-refractivity contribution in [3.05, 3.63) is 0 Å². The zero-order valence-electron chi connectivity index (χ0n) is 14.2. The second kappa shape index (κ2) is 10.9. The van der Waals surface area contributed by atoms with E-state index < -0.39 is 0 Å². The summed E-state index contributed by atoms with van der Waals surface area (Å²) in [4.78, 5) is 0. The molecule has 0 amide bonds. The summed E-state index contributed by atoms with van der Waals surface area (Å²) in [5, 5.41) is 4.98. The van der Waals surface area contributed by atoms with Crippen LogP contribution in [-0.2, 0) is 0 Å². The van der Waals surface area contributed by atoms with Gasteiger partial charge in [0.15, 0.2) is 0 Å². The van der Waals surface area contributed by atoms with Crippen molar-refractivity contribution in [2.45, 2.75) is 114 Å². The molecule has 2 heteroatoms. The highest BCUT2D eigenvalue weighted by atomic mass is 32.2. The minimum absolute atomic E-state index is 0.814. The van der Waals surface area contributed by atoms with Gasteiger partial charge in [-0.15, -0.1) is 0 Å². The van der Waals surface area contributed by atoms with Crippen molar-refractivity contribution in [3.63, 3.8) is 0 Å². The topological polar surface area (TPSA) is 12.0 Å². The lowest BCUT2D eigenvalue weighted by atomic mass is 9.92. The molecule has 0 spiro atoms. The van der Waals surface area contributed by atoms with Gasteiger partial charge in [0.25, 0.3) is 0 Å². The molecule has 21 heavy (non-hydrogen) atoms. The summed E-state index contributed by atoms with van der Waals surface area (Å²) in [6.45, 7) is 0. The minimum atomic E-state index is 0.814. The summed E-state index contributed by atoms with van der Waals surface area (Å²) in [6.07, 6.45) is 24.1. The summed E-state index contributed by atoms with van der Waals surface area (Å²) >= 11 is 2.09. The van der Waals surface area contributed by atoms with Gasteiger partial charge in [0.1, 0.15) is 0 Å². The standard InChI is InChI=1S/C19H37NS/c1-21-19-15-11-14-18(16-19)20-17-12-9-7-5-3-2-4-6-8-10-13-17/h17-20H,2-16H2,1H3. The van der Waals surface area contributed by atoms with Crippen LogP contribution in [-0.4, -0.2) is 23.6 Å². The lowest BCUT2D eigenvalue weighted by molar-refractivity contribution is 0.311. The van der Waals surface area contributed by atoms with E-state index in [0.717, 1.165) is 17.3 Å². The normalized spacial score (nSPS) is 31.3. The van der Waals surface area contributed by atoms with Crippen LogP contribution in [0.4, 0.5) is 0 Å². The second-order valence-electron chi connectivity index (χ2n) is 7.34. The summed E-state index contributed by atoms with van der Waals surface area (Å²) in [6, 6.07) is 1.63. The molecule has 2 fully saturated rings. The van der Waals surface area contributed by atoms with Crippen LogP contribution in [0.5, 0.6) is 0 Å². The van der Waals surface area contributed by atoms with Crippen molar-refractivity contribution in [3.8, 4) is 0 Å². The molecule has 2 aliphatic carbocycles. The van der Waals surface area contributed by atoms with Crippen molar-refractivity contribution in [2.75, 3.05) is 6.26 Å². The van der Waals surface area contributed by atoms with E-state index in [2.05, 4.69) is 23.3 Å². The molecule has 0 radical (unpaired) electrons. The summed E-state index contributed by atoms with van der Waals surface area (Å²) < 4.78 is 0. The molecule has 2 atom stereocenters. The maximum atomic E-state index is 4.06. The Bertz CT molecular complexity index is 244. The molecular formula is C19H37NS. The molecule has 2 aliphatic rings. The SMILES string of the molecule is CSC1CCCC(NC2CCCCCCCCCCC2)C1. The third kappa shape index (κ3) is 7.41. The number of rotatable bonds is 3. The van der Waals surface area contributed by atoms with Crippen LogP contribution in [0.1, 0.15) is 96.3 Å². The van der Waals surface area contributed by atoms with Gasteiger partial charge in [-0.25, -0.2) is 0 Å². The average Bonchev–Trinajstić information content (AvgIpc) is 2.50. The Morgan fingerprint density at radius 2 is 1.14 bits per heavy atom. The first kappa shape index (κ1) is 17.7. The first-order chi connectivity index (χ1) is 10.4. The van der Waals surface area contributed by atoms with Gasteiger partial charge < -0.3 is 5.32 Å². The lowest BCUT2D eigenvalue weighted by Crippen LogP contribution is -2.41. The maximum absolute atomic E-state index is 4.06. The van der Waals surface area contributed by atoms with Gasteiger partial charge in [0.2, 0.25) is 0 Å². The van der Waals surface area contributed by atoms with Gasteiger partial charge in [-0.2, -0.15) is 11.8 Å². The van der Waals surface area contributed by atoms with Gasteiger partial charge >= 0.3 is 0 Å². The van der Waals surface area contributed by atoms with Crippen LogP contribution < -0.4 is 5.32 Å².